The van der Waals surface area contributed by atoms with E-state index in [1.54, 1.807) is 24.3 Å². The van der Waals surface area contributed by atoms with E-state index in [9.17, 15) is 35.2 Å². The zero-order valence-corrected chi connectivity index (χ0v) is 22.4. The van der Waals surface area contributed by atoms with Crippen LogP contribution in [-0.4, -0.2) is 51.7 Å². The van der Waals surface area contributed by atoms with E-state index in [1.807, 2.05) is 0 Å². The molecule has 5 rings (SSSR count). The lowest BCUT2D eigenvalue weighted by Gasteiger charge is -2.26. The lowest BCUT2D eigenvalue weighted by atomic mass is 10.0. The molecule has 1 aliphatic rings. The summed E-state index contributed by atoms with van der Waals surface area (Å²) >= 11 is 1.03. The van der Waals surface area contributed by atoms with Crippen molar-refractivity contribution in [2.45, 2.75) is 54.8 Å². The number of carbonyl (C=O) groups is 1. The summed E-state index contributed by atoms with van der Waals surface area (Å²) in [5, 5.41) is 0.708. The standard InChI is InChI=1S/C26H21F5N4O3S2/c1-14-18(27)10-21(35(14)40(37,38)24-9-16-4-2-3-5-23(16)39-24)22(36)7-6-15-8-20(32-13-19(15)28)17-11-33-25(34-12-17)26(29,30)31/h2-5,8-9,11-14,18,21H,6-7,10H2,1H3/t14-,18+,21-/m0/s1. The van der Waals surface area contributed by atoms with Crippen molar-refractivity contribution in [1.29, 1.82) is 0 Å². The molecule has 7 nitrogen and oxygen atoms in total. The van der Waals surface area contributed by atoms with Crippen molar-refractivity contribution in [2.24, 2.45) is 0 Å². The van der Waals surface area contributed by atoms with Gasteiger partial charge in [0, 0.05) is 35.5 Å². The zero-order valence-electron chi connectivity index (χ0n) is 20.8. The van der Waals surface area contributed by atoms with Gasteiger partial charge in [0.1, 0.15) is 16.2 Å². The van der Waals surface area contributed by atoms with Crippen LogP contribution in [0.25, 0.3) is 21.3 Å². The molecule has 1 fully saturated rings. The number of pyridine rings is 1. The van der Waals surface area contributed by atoms with Crippen LogP contribution in [0.1, 0.15) is 31.2 Å². The smallest absolute Gasteiger partial charge is 0.298 e. The quantitative estimate of drug-likeness (QED) is 0.258. The molecule has 4 heterocycles. The molecule has 0 unspecified atom stereocenters. The molecule has 3 aromatic heterocycles. The maximum Gasteiger partial charge on any atom is 0.451 e. The molecule has 0 radical (unpaired) electrons. The number of thiophene rings is 1. The summed E-state index contributed by atoms with van der Waals surface area (Å²) in [6.45, 7) is 1.41. The number of ketones is 1. The number of alkyl halides is 4. The number of fused-ring (bicyclic) bond motifs is 1. The topological polar surface area (TPSA) is 93.1 Å². The molecule has 0 N–H and O–H groups in total. The van der Waals surface area contributed by atoms with E-state index < -0.39 is 51.9 Å². The Morgan fingerprint density at radius 1 is 1.10 bits per heavy atom. The predicted molar refractivity (Wildman–Crippen MR) is 137 cm³/mol. The molecule has 0 amide bonds. The van der Waals surface area contributed by atoms with Crippen LogP contribution in [0.4, 0.5) is 22.0 Å². The van der Waals surface area contributed by atoms with Crippen LogP contribution >= 0.6 is 11.3 Å². The number of rotatable bonds is 7. The molecule has 1 aromatic carbocycles. The van der Waals surface area contributed by atoms with Gasteiger partial charge in [0.15, 0.2) is 5.78 Å². The number of nitrogens with zero attached hydrogens (tertiary/aromatic N) is 4. The molecular formula is C26H21F5N4O3S2. The molecule has 14 heteroatoms. The summed E-state index contributed by atoms with van der Waals surface area (Å²) in [6.07, 6.45) is -4.41. The zero-order chi connectivity index (χ0) is 28.8. The maximum atomic E-state index is 14.8. The summed E-state index contributed by atoms with van der Waals surface area (Å²) < 4.78 is 96.3. The lowest BCUT2D eigenvalue weighted by molar-refractivity contribution is -0.145. The molecule has 0 bridgehead atoms. The minimum absolute atomic E-state index is 0.00368. The van der Waals surface area contributed by atoms with Crippen molar-refractivity contribution in [3.05, 3.63) is 72.2 Å². The normalized spacial score (nSPS) is 20.3. The van der Waals surface area contributed by atoms with Crippen molar-refractivity contribution in [3.63, 3.8) is 0 Å². The van der Waals surface area contributed by atoms with Gasteiger partial charge in [-0.25, -0.2) is 27.2 Å². The van der Waals surface area contributed by atoms with Crippen LogP contribution in [0.3, 0.4) is 0 Å². The molecule has 4 aromatic rings. The van der Waals surface area contributed by atoms with Gasteiger partial charge in [0.2, 0.25) is 5.82 Å². The van der Waals surface area contributed by atoms with Gasteiger partial charge >= 0.3 is 6.18 Å². The molecule has 40 heavy (non-hydrogen) atoms. The fraction of sp³-hybridized carbons (Fsp3) is 0.308. The third-order valence-electron chi connectivity index (χ3n) is 6.76. The van der Waals surface area contributed by atoms with Crippen molar-refractivity contribution < 1.29 is 35.2 Å². The van der Waals surface area contributed by atoms with Crippen molar-refractivity contribution >= 4 is 37.2 Å². The molecule has 0 saturated carbocycles. The Kier molecular flexibility index (Phi) is 7.44. The first-order valence-electron chi connectivity index (χ1n) is 12.1. The number of aromatic nitrogens is 3. The number of benzene rings is 1. The summed E-state index contributed by atoms with van der Waals surface area (Å²) in [5.41, 5.74) is 0.218. The van der Waals surface area contributed by atoms with E-state index in [0.29, 0.717) is 5.39 Å². The third-order valence-corrected chi connectivity index (χ3v) is 10.3. The Bertz CT molecular complexity index is 1640. The minimum atomic E-state index is -4.73. The summed E-state index contributed by atoms with van der Waals surface area (Å²) in [4.78, 5) is 23.6. The summed E-state index contributed by atoms with van der Waals surface area (Å²) in [7, 11) is -4.21. The molecule has 1 aliphatic heterocycles. The average Bonchev–Trinajstić information content (AvgIpc) is 3.49. The second-order valence-corrected chi connectivity index (χ2v) is 12.5. The highest BCUT2D eigenvalue weighted by Crippen LogP contribution is 2.38. The average molecular weight is 597 g/mol. The van der Waals surface area contributed by atoms with E-state index in [1.165, 1.54) is 19.1 Å². The first kappa shape index (κ1) is 28.2. The summed E-state index contributed by atoms with van der Waals surface area (Å²) in [6, 6.07) is 7.47. The molecule has 3 atom stereocenters. The SMILES string of the molecule is C[C@H]1[C@H](F)C[C@@H](C(=O)CCc2cc(-c3cnc(C(F)(F)F)nc3)ncc2F)N1S(=O)(=O)c1cc2ccccc2s1. The Hall–Kier alpha value is -3.36. The Morgan fingerprint density at radius 3 is 2.48 bits per heavy atom. The fourth-order valence-corrected chi connectivity index (χ4v) is 8.00. The predicted octanol–water partition coefficient (Wildman–Crippen LogP) is 5.60. The van der Waals surface area contributed by atoms with Crippen molar-refractivity contribution in [3.8, 4) is 11.3 Å². The second-order valence-electron chi connectivity index (χ2n) is 9.37. The van der Waals surface area contributed by atoms with Crippen LogP contribution in [-0.2, 0) is 27.4 Å². The maximum absolute atomic E-state index is 14.8. The number of carbonyl (C=O) groups excluding carboxylic acids is 1. The minimum Gasteiger partial charge on any atom is -0.298 e. The van der Waals surface area contributed by atoms with E-state index >= 15 is 0 Å². The first-order valence-corrected chi connectivity index (χ1v) is 14.3. The Balaban J connectivity index is 1.35. The third kappa shape index (κ3) is 5.34. The van der Waals surface area contributed by atoms with Gasteiger partial charge in [-0.05, 0) is 42.5 Å². The van der Waals surface area contributed by atoms with Crippen LogP contribution in [0.15, 0.2) is 59.2 Å². The van der Waals surface area contributed by atoms with E-state index in [-0.39, 0.29) is 40.3 Å². The molecular weight excluding hydrogens is 575 g/mol. The van der Waals surface area contributed by atoms with E-state index in [4.69, 9.17) is 0 Å². The van der Waals surface area contributed by atoms with Gasteiger partial charge in [-0.15, -0.1) is 11.3 Å². The van der Waals surface area contributed by atoms with Gasteiger partial charge in [-0.3, -0.25) is 9.78 Å². The number of Topliss-reactive ketones (excluding diaryl/α,β-unsaturated/α-hetero) is 1. The number of sulfonamides is 1. The van der Waals surface area contributed by atoms with Gasteiger partial charge in [0.05, 0.1) is 24.0 Å². The number of aryl methyl sites for hydroxylation is 1. The van der Waals surface area contributed by atoms with Crippen LogP contribution in [0, 0.1) is 5.82 Å². The molecule has 0 spiro atoms. The van der Waals surface area contributed by atoms with Crippen molar-refractivity contribution in [2.75, 3.05) is 0 Å². The lowest BCUT2D eigenvalue weighted by Crippen LogP contribution is -2.44. The molecule has 210 valence electrons. The van der Waals surface area contributed by atoms with Crippen LogP contribution in [0.2, 0.25) is 0 Å². The number of hydrogen-bond acceptors (Lipinski definition) is 7. The first-order chi connectivity index (χ1) is 18.9. The van der Waals surface area contributed by atoms with Crippen LogP contribution in [0.5, 0.6) is 0 Å². The number of hydrogen-bond donors (Lipinski definition) is 0. The summed E-state index contributed by atoms with van der Waals surface area (Å²) in [5.74, 6) is -2.68. The second kappa shape index (κ2) is 10.6. The molecule has 0 aliphatic carbocycles. The van der Waals surface area contributed by atoms with Gasteiger partial charge < -0.3 is 0 Å². The highest BCUT2D eigenvalue weighted by molar-refractivity contribution is 7.91. The highest BCUT2D eigenvalue weighted by Gasteiger charge is 2.49. The Labute approximate surface area is 229 Å². The van der Waals surface area contributed by atoms with E-state index in [0.717, 1.165) is 38.9 Å². The largest absolute Gasteiger partial charge is 0.451 e. The fourth-order valence-electron chi connectivity index (χ4n) is 4.67. The van der Waals surface area contributed by atoms with E-state index in [2.05, 4.69) is 15.0 Å². The Morgan fingerprint density at radius 2 is 1.80 bits per heavy atom. The monoisotopic (exact) mass is 596 g/mol. The number of halogens is 5. The van der Waals surface area contributed by atoms with Gasteiger partial charge in [0.25, 0.3) is 10.0 Å². The highest BCUT2D eigenvalue weighted by atomic mass is 32.2. The van der Waals surface area contributed by atoms with Gasteiger partial charge in [-0.1, -0.05) is 18.2 Å². The van der Waals surface area contributed by atoms with Crippen molar-refractivity contribution in [1.82, 2.24) is 19.3 Å². The van der Waals surface area contributed by atoms with Gasteiger partial charge in [-0.2, -0.15) is 17.5 Å². The van der Waals surface area contributed by atoms with Crippen LogP contribution < -0.4 is 0 Å². The molecule has 1 saturated heterocycles.